The second-order valence-corrected chi connectivity index (χ2v) is 6.41. The van der Waals surface area contributed by atoms with Crippen LogP contribution in [0.2, 0.25) is 5.02 Å². The van der Waals surface area contributed by atoms with Gasteiger partial charge in [-0.2, -0.15) is 0 Å². The van der Waals surface area contributed by atoms with Crippen LogP contribution in [0.3, 0.4) is 0 Å². The van der Waals surface area contributed by atoms with Crippen molar-refractivity contribution in [3.63, 3.8) is 0 Å². The number of carbonyl (C=O) groups excluding carboxylic acids is 3. The largest absolute Gasteiger partial charge is 0.495 e. The van der Waals surface area contributed by atoms with Gasteiger partial charge in [0.15, 0.2) is 17.4 Å². The van der Waals surface area contributed by atoms with Crippen LogP contribution in [0.1, 0.15) is 20.9 Å². The van der Waals surface area contributed by atoms with Crippen molar-refractivity contribution in [2.24, 2.45) is 0 Å². The van der Waals surface area contributed by atoms with Crippen LogP contribution < -0.4 is 20.7 Å². The number of methoxy groups -OCH3 is 1. The smallest absolute Gasteiger partial charge is 0.326 e. The van der Waals surface area contributed by atoms with Gasteiger partial charge in [0.25, 0.3) is 11.8 Å². The summed E-state index contributed by atoms with van der Waals surface area (Å²) in [6.07, 6.45) is 1.34. The summed E-state index contributed by atoms with van der Waals surface area (Å²) in [5.41, 5.74) is -0.0175. The highest BCUT2D eigenvalue weighted by atomic mass is 35.5. The van der Waals surface area contributed by atoms with E-state index >= 15 is 0 Å². The molecule has 0 fully saturated rings. The van der Waals surface area contributed by atoms with E-state index in [1.807, 2.05) is 5.32 Å². The summed E-state index contributed by atoms with van der Waals surface area (Å²) in [5, 5.41) is 6.52. The number of furan rings is 1. The highest BCUT2D eigenvalue weighted by molar-refractivity contribution is 6.34. The molecule has 0 radical (unpaired) electrons. The number of ether oxygens (including phenoxy) is 1. The van der Waals surface area contributed by atoms with Crippen LogP contribution in [0.15, 0.2) is 53.1 Å². The first-order valence-electron chi connectivity index (χ1n) is 8.58. The van der Waals surface area contributed by atoms with Crippen molar-refractivity contribution in [2.75, 3.05) is 17.7 Å². The first kappa shape index (κ1) is 21.8. The number of carbonyl (C=O) groups is 3. The lowest BCUT2D eigenvalue weighted by atomic mass is 10.2. The fraction of sp³-hybridized carbons (Fsp3) is 0.0500. The average Bonchev–Trinajstić information content (AvgIpc) is 3.26. The van der Waals surface area contributed by atoms with Gasteiger partial charge in [-0.05, 0) is 42.5 Å². The van der Waals surface area contributed by atoms with Crippen LogP contribution in [-0.2, 0) is 0 Å². The number of halogens is 3. The van der Waals surface area contributed by atoms with Crippen LogP contribution in [-0.4, -0.2) is 25.0 Å². The van der Waals surface area contributed by atoms with Crippen molar-refractivity contribution in [3.05, 3.63) is 76.7 Å². The Morgan fingerprint density at radius 3 is 2.42 bits per heavy atom. The lowest BCUT2D eigenvalue weighted by Gasteiger charge is -2.13. The van der Waals surface area contributed by atoms with E-state index < -0.39 is 35.0 Å². The van der Waals surface area contributed by atoms with Gasteiger partial charge < -0.3 is 19.8 Å². The molecule has 0 aliphatic heterocycles. The molecule has 0 unspecified atom stereocenters. The maximum atomic E-state index is 13.4. The Morgan fingerprint density at radius 1 is 1.00 bits per heavy atom. The number of benzene rings is 2. The van der Waals surface area contributed by atoms with Crippen molar-refractivity contribution >= 4 is 40.8 Å². The summed E-state index contributed by atoms with van der Waals surface area (Å²) in [7, 11) is 1.35. The van der Waals surface area contributed by atoms with Gasteiger partial charge in [0.05, 0.1) is 29.6 Å². The second kappa shape index (κ2) is 9.26. The second-order valence-electron chi connectivity index (χ2n) is 6.00. The molecule has 0 aliphatic carbocycles. The van der Waals surface area contributed by atoms with E-state index in [9.17, 15) is 23.2 Å². The minimum absolute atomic E-state index is 0.0806. The Hall–Kier alpha value is -3.92. The zero-order valence-electron chi connectivity index (χ0n) is 15.8. The molecular weight excluding hydrogens is 436 g/mol. The third-order valence-corrected chi connectivity index (χ3v) is 4.24. The van der Waals surface area contributed by atoms with Crippen LogP contribution in [0.5, 0.6) is 5.75 Å². The molecule has 0 atom stereocenters. The van der Waals surface area contributed by atoms with Gasteiger partial charge in [0.2, 0.25) is 0 Å². The zero-order chi connectivity index (χ0) is 22.5. The first-order valence-corrected chi connectivity index (χ1v) is 8.96. The normalized spacial score (nSPS) is 10.3. The molecule has 8 nitrogen and oxygen atoms in total. The van der Waals surface area contributed by atoms with Gasteiger partial charge in [-0.3, -0.25) is 14.9 Å². The van der Waals surface area contributed by atoms with Crippen molar-refractivity contribution in [2.45, 2.75) is 0 Å². The predicted octanol–water partition coefficient (Wildman–Crippen LogP) is 4.43. The lowest BCUT2D eigenvalue weighted by molar-refractivity contribution is 0.0964. The molecule has 0 spiro atoms. The SMILES string of the molecule is COc1ccc(NC(=O)c2ccco2)cc1NC(=O)NC(=O)c1cc(F)c(F)cc1Cl. The quantitative estimate of drug-likeness (QED) is 0.499. The Bertz CT molecular complexity index is 1150. The molecule has 0 aliphatic rings. The summed E-state index contributed by atoms with van der Waals surface area (Å²) in [6, 6.07) is 7.60. The van der Waals surface area contributed by atoms with E-state index in [0.29, 0.717) is 17.8 Å². The molecule has 0 saturated heterocycles. The van der Waals surface area contributed by atoms with Crippen LogP contribution in [0.4, 0.5) is 25.0 Å². The Labute approximate surface area is 179 Å². The maximum absolute atomic E-state index is 13.4. The minimum Gasteiger partial charge on any atom is -0.495 e. The maximum Gasteiger partial charge on any atom is 0.326 e. The summed E-state index contributed by atoms with van der Waals surface area (Å²) in [5.74, 6) is -3.79. The molecule has 0 bridgehead atoms. The van der Waals surface area contributed by atoms with E-state index in [1.54, 1.807) is 6.07 Å². The highest BCUT2D eigenvalue weighted by Gasteiger charge is 2.18. The molecule has 3 N–H and O–H groups in total. The molecule has 160 valence electrons. The first-order chi connectivity index (χ1) is 14.8. The van der Waals surface area contributed by atoms with Crippen molar-refractivity contribution in [3.8, 4) is 5.75 Å². The number of rotatable bonds is 5. The summed E-state index contributed by atoms with van der Waals surface area (Å²) in [6.45, 7) is 0. The fourth-order valence-electron chi connectivity index (χ4n) is 2.50. The standard InChI is InChI=1S/C20H14ClF2N3O5/c1-30-16-5-4-10(24-19(28)17-3-2-6-31-17)7-15(16)25-20(29)26-18(27)11-8-13(22)14(23)9-12(11)21/h2-9H,1H3,(H,24,28)(H2,25,26,27,29). The van der Waals surface area contributed by atoms with E-state index in [4.69, 9.17) is 20.8 Å². The number of imide groups is 1. The van der Waals surface area contributed by atoms with Crippen molar-refractivity contribution in [1.82, 2.24) is 5.32 Å². The number of hydrogen-bond donors (Lipinski definition) is 3. The van der Waals surface area contributed by atoms with Gasteiger partial charge in [-0.15, -0.1) is 0 Å². The molecule has 2 aromatic carbocycles. The van der Waals surface area contributed by atoms with E-state index in [2.05, 4.69) is 10.6 Å². The minimum atomic E-state index is -1.29. The highest BCUT2D eigenvalue weighted by Crippen LogP contribution is 2.28. The Kier molecular flexibility index (Phi) is 6.51. The van der Waals surface area contributed by atoms with Gasteiger partial charge in [-0.25, -0.2) is 13.6 Å². The monoisotopic (exact) mass is 449 g/mol. The number of nitrogens with one attached hydrogen (secondary N) is 3. The van der Waals surface area contributed by atoms with E-state index in [1.165, 1.54) is 37.6 Å². The molecule has 31 heavy (non-hydrogen) atoms. The van der Waals surface area contributed by atoms with E-state index in [-0.39, 0.29) is 22.2 Å². The molecule has 1 aromatic heterocycles. The predicted molar refractivity (Wildman–Crippen MR) is 108 cm³/mol. The zero-order valence-corrected chi connectivity index (χ0v) is 16.5. The molecule has 1 heterocycles. The molecule has 11 heteroatoms. The van der Waals surface area contributed by atoms with Crippen LogP contribution >= 0.6 is 11.6 Å². The van der Waals surface area contributed by atoms with E-state index in [0.717, 1.165) is 0 Å². The van der Waals surface area contributed by atoms with Crippen LogP contribution in [0, 0.1) is 11.6 Å². The van der Waals surface area contributed by atoms with Gasteiger partial charge in [0.1, 0.15) is 5.75 Å². The molecule has 3 aromatic rings. The third-order valence-electron chi connectivity index (χ3n) is 3.93. The molecule has 0 saturated carbocycles. The lowest BCUT2D eigenvalue weighted by Crippen LogP contribution is -2.34. The topological polar surface area (TPSA) is 110 Å². The fourth-order valence-corrected chi connectivity index (χ4v) is 2.74. The summed E-state index contributed by atoms with van der Waals surface area (Å²) in [4.78, 5) is 36.5. The average molecular weight is 450 g/mol. The molecule has 4 amide bonds. The van der Waals surface area contributed by atoms with Gasteiger partial charge in [0, 0.05) is 5.69 Å². The van der Waals surface area contributed by atoms with Crippen molar-refractivity contribution < 1.29 is 32.3 Å². The Balaban J connectivity index is 1.73. The van der Waals surface area contributed by atoms with Gasteiger partial charge >= 0.3 is 6.03 Å². The number of hydrogen-bond acceptors (Lipinski definition) is 5. The van der Waals surface area contributed by atoms with Gasteiger partial charge in [-0.1, -0.05) is 11.6 Å². The van der Waals surface area contributed by atoms with Crippen molar-refractivity contribution in [1.29, 1.82) is 0 Å². The third kappa shape index (κ3) is 5.17. The van der Waals surface area contributed by atoms with Crippen LogP contribution in [0.25, 0.3) is 0 Å². The summed E-state index contributed by atoms with van der Waals surface area (Å²) < 4.78 is 36.7. The number of urea groups is 1. The number of anilines is 2. The Morgan fingerprint density at radius 2 is 1.74 bits per heavy atom. The number of amides is 4. The molecular formula is C20H14ClF2N3O5. The molecule has 3 rings (SSSR count). The summed E-state index contributed by atoms with van der Waals surface area (Å²) >= 11 is 5.73.